The highest BCUT2D eigenvalue weighted by atomic mass is 16.2. The van der Waals surface area contributed by atoms with Gasteiger partial charge < -0.3 is 15.1 Å². The number of likely N-dealkylation sites (N-methyl/N-ethyl adjacent to an activating group) is 2. The van der Waals surface area contributed by atoms with E-state index >= 15 is 0 Å². The number of amides is 1. The zero-order valence-corrected chi connectivity index (χ0v) is 12.5. The predicted octanol–water partition coefficient (Wildman–Crippen LogP) is 1.54. The van der Waals surface area contributed by atoms with E-state index in [0.717, 1.165) is 12.2 Å². The van der Waals surface area contributed by atoms with Crippen LogP contribution in [0, 0.1) is 0 Å². The second-order valence-electron chi connectivity index (χ2n) is 4.88. The van der Waals surface area contributed by atoms with Gasteiger partial charge in [-0.05, 0) is 40.1 Å². The van der Waals surface area contributed by atoms with Crippen LogP contribution >= 0.6 is 0 Å². The molecule has 1 rings (SSSR count). The van der Waals surface area contributed by atoms with Crippen LogP contribution in [-0.4, -0.2) is 61.0 Å². The lowest BCUT2D eigenvalue weighted by Crippen LogP contribution is -2.44. The molecule has 0 bridgehead atoms. The summed E-state index contributed by atoms with van der Waals surface area (Å²) in [5.41, 5.74) is 1.40. The van der Waals surface area contributed by atoms with Crippen LogP contribution in [0.5, 0.6) is 0 Å². The quantitative estimate of drug-likeness (QED) is 0.846. The third-order valence-corrected chi connectivity index (χ3v) is 3.03. The molecule has 0 fully saturated rings. The highest BCUT2D eigenvalue weighted by Crippen LogP contribution is 2.10. The topological polar surface area (TPSA) is 48.5 Å². The van der Waals surface area contributed by atoms with Crippen LogP contribution in [0.15, 0.2) is 18.3 Å². The first-order valence-electron chi connectivity index (χ1n) is 6.59. The van der Waals surface area contributed by atoms with Gasteiger partial charge in [0.1, 0.15) is 5.69 Å². The maximum Gasteiger partial charge on any atom is 0.272 e. The van der Waals surface area contributed by atoms with Gasteiger partial charge in [0.2, 0.25) is 0 Å². The monoisotopic (exact) mass is 264 g/mol. The third kappa shape index (κ3) is 4.21. The van der Waals surface area contributed by atoms with Gasteiger partial charge >= 0.3 is 0 Å². The first kappa shape index (κ1) is 15.4. The van der Waals surface area contributed by atoms with Crippen LogP contribution in [0.2, 0.25) is 0 Å². The molecule has 1 atom stereocenters. The average Bonchev–Trinajstić information content (AvgIpc) is 2.38. The van der Waals surface area contributed by atoms with E-state index in [1.807, 2.05) is 39.0 Å². The molecule has 1 amide bonds. The maximum atomic E-state index is 12.4. The summed E-state index contributed by atoms with van der Waals surface area (Å²) in [6, 6.07) is 3.79. The summed E-state index contributed by atoms with van der Waals surface area (Å²) < 4.78 is 0. The number of anilines is 1. The van der Waals surface area contributed by atoms with Crippen LogP contribution < -0.4 is 5.32 Å². The van der Waals surface area contributed by atoms with Gasteiger partial charge in [0, 0.05) is 26.2 Å². The number of hydrogen-bond acceptors (Lipinski definition) is 4. The van der Waals surface area contributed by atoms with Crippen molar-refractivity contribution in [2.75, 3.05) is 39.5 Å². The number of nitrogens with zero attached hydrogens (tertiary/aromatic N) is 3. The van der Waals surface area contributed by atoms with Gasteiger partial charge in [-0.15, -0.1) is 0 Å². The van der Waals surface area contributed by atoms with Crippen molar-refractivity contribution in [2.45, 2.75) is 19.9 Å². The molecule has 1 N–H and O–H groups in total. The van der Waals surface area contributed by atoms with E-state index in [-0.39, 0.29) is 11.9 Å². The van der Waals surface area contributed by atoms with Gasteiger partial charge in [0.25, 0.3) is 5.91 Å². The Morgan fingerprint density at radius 2 is 2.11 bits per heavy atom. The predicted molar refractivity (Wildman–Crippen MR) is 78.5 cm³/mol. The molecule has 5 nitrogen and oxygen atoms in total. The Hall–Kier alpha value is -1.62. The Morgan fingerprint density at radius 3 is 2.53 bits per heavy atom. The van der Waals surface area contributed by atoms with E-state index in [9.17, 15) is 4.79 Å². The minimum Gasteiger partial charge on any atom is -0.387 e. The zero-order chi connectivity index (χ0) is 14.4. The summed E-state index contributed by atoms with van der Waals surface area (Å²) in [4.78, 5) is 20.6. The summed E-state index contributed by atoms with van der Waals surface area (Å²) in [6.07, 6.45) is 1.68. The van der Waals surface area contributed by atoms with Crippen LogP contribution in [-0.2, 0) is 0 Å². The SMILES string of the molecule is CCN(C(=O)c1ccc(NC)cn1)C(C)CN(C)C. The lowest BCUT2D eigenvalue weighted by atomic mass is 10.2. The molecule has 1 aromatic heterocycles. The number of carbonyl (C=O) groups excluding carboxylic acids is 1. The molecule has 0 aliphatic carbocycles. The number of nitrogens with one attached hydrogen (secondary N) is 1. The average molecular weight is 264 g/mol. The van der Waals surface area contributed by atoms with Crippen molar-refractivity contribution in [1.29, 1.82) is 0 Å². The van der Waals surface area contributed by atoms with E-state index < -0.39 is 0 Å². The maximum absolute atomic E-state index is 12.4. The standard InChI is InChI=1S/C14H24N4O/c1-6-18(11(2)10-17(4)5)14(19)13-8-7-12(15-3)9-16-13/h7-9,11,15H,6,10H2,1-5H3. The van der Waals surface area contributed by atoms with Gasteiger partial charge in [-0.1, -0.05) is 0 Å². The Kier molecular flexibility index (Phi) is 5.76. The second kappa shape index (κ2) is 7.09. The normalized spacial score (nSPS) is 12.3. The van der Waals surface area contributed by atoms with Gasteiger partial charge in [0.15, 0.2) is 0 Å². The van der Waals surface area contributed by atoms with Gasteiger partial charge in [0.05, 0.1) is 11.9 Å². The van der Waals surface area contributed by atoms with E-state index in [2.05, 4.69) is 22.1 Å². The van der Waals surface area contributed by atoms with E-state index in [0.29, 0.717) is 12.2 Å². The summed E-state index contributed by atoms with van der Waals surface area (Å²) in [7, 11) is 5.85. The molecule has 0 spiro atoms. The van der Waals surface area contributed by atoms with Crippen molar-refractivity contribution in [3.63, 3.8) is 0 Å². The van der Waals surface area contributed by atoms with Crippen LogP contribution in [0.4, 0.5) is 5.69 Å². The van der Waals surface area contributed by atoms with Crippen molar-refractivity contribution < 1.29 is 4.79 Å². The van der Waals surface area contributed by atoms with Gasteiger partial charge in [-0.2, -0.15) is 0 Å². The highest BCUT2D eigenvalue weighted by molar-refractivity contribution is 5.92. The lowest BCUT2D eigenvalue weighted by Gasteiger charge is -2.29. The van der Waals surface area contributed by atoms with Crippen molar-refractivity contribution in [1.82, 2.24) is 14.8 Å². The fourth-order valence-electron chi connectivity index (χ4n) is 2.10. The first-order chi connectivity index (χ1) is 8.99. The zero-order valence-electron chi connectivity index (χ0n) is 12.5. The molecule has 0 aromatic carbocycles. The summed E-state index contributed by atoms with van der Waals surface area (Å²) in [5.74, 6) is -0.0143. The smallest absolute Gasteiger partial charge is 0.272 e. The Bertz CT molecular complexity index is 402. The largest absolute Gasteiger partial charge is 0.387 e. The minimum absolute atomic E-state index is 0.0143. The molecule has 0 saturated heterocycles. The molecule has 1 heterocycles. The van der Waals surface area contributed by atoms with Crippen LogP contribution in [0.25, 0.3) is 0 Å². The highest BCUT2D eigenvalue weighted by Gasteiger charge is 2.21. The summed E-state index contributed by atoms with van der Waals surface area (Å²) in [6.45, 7) is 5.58. The number of rotatable bonds is 6. The molecule has 0 aliphatic heterocycles. The van der Waals surface area contributed by atoms with Gasteiger partial charge in [-0.3, -0.25) is 4.79 Å². The summed E-state index contributed by atoms with van der Waals surface area (Å²) >= 11 is 0. The van der Waals surface area contributed by atoms with Crippen molar-refractivity contribution in [3.05, 3.63) is 24.0 Å². The lowest BCUT2D eigenvalue weighted by molar-refractivity contribution is 0.0673. The second-order valence-corrected chi connectivity index (χ2v) is 4.88. The molecule has 0 radical (unpaired) electrons. The molecule has 0 aliphatic rings. The molecule has 1 unspecified atom stereocenters. The molecule has 5 heteroatoms. The Labute approximate surface area is 115 Å². The third-order valence-electron chi connectivity index (χ3n) is 3.03. The van der Waals surface area contributed by atoms with Crippen LogP contribution in [0.1, 0.15) is 24.3 Å². The van der Waals surface area contributed by atoms with Crippen molar-refractivity contribution >= 4 is 11.6 Å². The molecule has 0 saturated carbocycles. The van der Waals surface area contributed by atoms with Crippen LogP contribution in [0.3, 0.4) is 0 Å². The first-order valence-corrected chi connectivity index (χ1v) is 6.59. The Balaban J connectivity index is 2.82. The number of carbonyl (C=O) groups is 1. The molecule has 19 heavy (non-hydrogen) atoms. The van der Waals surface area contributed by atoms with E-state index in [1.54, 1.807) is 12.3 Å². The number of aromatic nitrogens is 1. The van der Waals surface area contributed by atoms with E-state index in [1.165, 1.54) is 0 Å². The van der Waals surface area contributed by atoms with E-state index in [4.69, 9.17) is 0 Å². The molecule has 1 aromatic rings. The molecular weight excluding hydrogens is 240 g/mol. The summed E-state index contributed by atoms with van der Waals surface area (Å²) in [5, 5.41) is 2.99. The van der Waals surface area contributed by atoms with Gasteiger partial charge in [-0.25, -0.2) is 4.98 Å². The molecular formula is C14H24N4O. The van der Waals surface area contributed by atoms with Crippen molar-refractivity contribution in [3.8, 4) is 0 Å². The van der Waals surface area contributed by atoms with Crippen molar-refractivity contribution in [2.24, 2.45) is 0 Å². The fourth-order valence-corrected chi connectivity index (χ4v) is 2.10. The number of pyridine rings is 1. The Morgan fingerprint density at radius 1 is 1.42 bits per heavy atom. The molecule has 106 valence electrons. The minimum atomic E-state index is -0.0143. The fraction of sp³-hybridized carbons (Fsp3) is 0.571. The number of hydrogen-bond donors (Lipinski definition) is 1.